The number of halogens is 1. The summed E-state index contributed by atoms with van der Waals surface area (Å²) in [7, 11) is -2.41. The molecule has 1 aromatic carbocycles. The summed E-state index contributed by atoms with van der Waals surface area (Å²) < 4.78 is 22.7. The Hall–Kier alpha value is -2.65. The van der Waals surface area contributed by atoms with Gasteiger partial charge >= 0.3 is 6.03 Å². The molecular formula is C18H20ClN5O3S. The molecule has 0 unspecified atom stereocenters. The van der Waals surface area contributed by atoms with E-state index in [4.69, 9.17) is 11.6 Å². The second-order valence-electron chi connectivity index (χ2n) is 6.68. The van der Waals surface area contributed by atoms with Crippen LogP contribution in [-0.2, 0) is 16.8 Å². The summed E-state index contributed by atoms with van der Waals surface area (Å²) in [4.78, 5) is 24.9. The van der Waals surface area contributed by atoms with E-state index >= 15 is 0 Å². The van der Waals surface area contributed by atoms with E-state index in [2.05, 4.69) is 15.3 Å². The number of fused-ring (bicyclic) bond motifs is 1. The molecule has 2 aromatic rings. The van der Waals surface area contributed by atoms with Crippen molar-refractivity contribution in [2.75, 3.05) is 21.7 Å². The smallest absolute Gasteiger partial charge is 0.330 e. The van der Waals surface area contributed by atoms with Crippen LogP contribution in [0, 0.1) is 0 Å². The van der Waals surface area contributed by atoms with Gasteiger partial charge in [0.25, 0.3) is 0 Å². The molecule has 10 heteroatoms. The van der Waals surface area contributed by atoms with Gasteiger partial charge in [0.15, 0.2) is 0 Å². The molecule has 1 aliphatic heterocycles. The lowest BCUT2D eigenvalue weighted by Gasteiger charge is -2.36. The fraction of sp³-hybridized carbons (Fsp3) is 0.333. The Balaban J connectivity index is 2.10. The summed E-state index contributed by atoms with van der Waals surface area (Å²) in [5.41, 5.74) is 1.23. The lowest BCUT2D eigenvalue weighted by Crippen LogP contribution is -2.49. The van der Waals surface area contributed by atoms with Crippen LogP contribution in [0.2, 0.25) is 5.02 Å². The molecule has 0 atom stereocenters. The Bertz CT molecular complexity index is 1050. The van der Waals surface area contributed by atoms with E-state index in [1.54, 1.807) is 30.5 Å². The number of benzene rings is 1. The summed E-state index contributed by atoms with van der Waals surface area (Å²) in [5, 5.41) is 3.52. The standard InChI is InChI=1S/C18H20ClN5O3S/c1-11(2)21-17-20-8-13-10-23(15-7-5-4-6-14(15)19)18(25)24(16(13)22-17)9-12(3)28(26)27/h4-8,11H,9-10H2,1-3H3,(H,20,21,22). The van der Waals surface area contributed by atoms with Crippen LogP contribution in [0.25, 0.3) is 0 Å². The maximum absolute atomic E-state index is 13.2. The summed E-state index contributed by atoms with van der Waals surface area (Å²) in [6.07, 6.45) is 1.64. The minimum absolute atomic E-state index is 0.105. The van der Waals surface area contributed by atoms with E-state index in [1.165, 1.54) is 16.7 Å². The number of nitrogens with one attached hydrogen (secondary N) is 1. The van der Waals surface area contributed by atoms with Crippen molar-refractivity contribution in [3.05, 3.63) is 41.0 Å². The van der Waals surface area contributed by atoms with E-state index in [0.29, 0.717) is 28.0 Å². The van der Waals surface area contributed by atoms with Gasteiger partial charge in [-0.1, -0.05) is 23.7 Å². The van der Waals surface area contributed by atoms with Gasteiger partial charge in [-0.2, -0.15) is 13.4 Å². The van der Waals surface area contributed by atoms with Gasteiger partial charge in [0, 0.05) is 17.8 Å². The number of anilines is 3. The van der Waals surface area contributed by atoms with Crippen LogP contribution in [-0.4, -0.2) is 41.9 Å². The lowest BCUT2D eigenvalue weighted by atomic mass is 10.2. The quantitative estimate of drug-likeness (QED) is 0.745. The molecule has 2 amide bonds. The van der Waals surface area contributed by atoms with Crippen LogP contribution in [0.15, 0.2) is 30.5 Å². The molecule has 0 saturated carbocycles. The molecule has 0 spiro atoms. The van der Waals surface area contributed by atoms with E-state index in [-0.39, 0.29) is 24.0 Å². The van der Waals surface area contributed by atoms with Crippen LogP contribution in [0.3, 0.4) is 0 Å². The Morgan fingerprint density at radius 2 is 2.04 bits per heavy atom. The van der Waals surface area contributed by atoms with Crippen molar-refractivity contribution < 1.29 is 13.2 Å². The van der Waals surface area contributed by atoms with Gasteiger partial charge in [-0.25, -0.2) is 9.78 Å². The second kappa shape index (κ2) is 8.15. The maximum Gasteiger partial charge on any atom is 0.330 e. The Kier molecular flexibility index (Phi) is 5.85. The molecule has 3 rings (SSSR count). The Morgan fingerprint density at radius 1 is 1.32 bits per heavy atom. The van der Waals surface area contributed by atoms with Gasteiger partial charge in [0.2, 0.25) is 16.2 Å². The summed E-state index contributed by atoms with van der Waals surface area (Å²) in [6.45, 7) is 5.47. The van der Waals surface area contributed by atoms with Gasteiger partial charge in [0.05, 0.1) is 28.7 Å². The molecular weight excluding hydrogens is 402 g/mol. The highest BCUT2D eigenvalue weighted by Crippen LogP contribution is 2.34. The predicted molar refractivity (Wildman–Crippen MR) is 111 cm³/mol. The summed E-state index contributed by atoms with van der Waals surface area (Å²) in [6, 6.07) is 6.69. The van der Waals surface area contributed by atoms with Crippen LogP contribution >= 0.6 is 11.6 Å². The van der Waals surface area contributed by atoms with Crippen LogP contribution < -0.4 is 15.1 Å². The van der Waals surface area contributed by atoms with Crippen molar-refractivity contribution in [2.24, 2.45) is 0 Å². The Labute approximate surface area is 169 Å². The molecule has 0 fully saturated rings. The van der Waals surface area contributed by atoms with Crippen molar-refractivity contribution >= 4 is 50.2 Å². The average Bonchev–Trinajstić information content (AvgIpc) is 2.64. The number of para-hydroxylation sites is 1. The van der Waals surface area contributed by atoms with Crippen molar-refractivity contribution in [1.29, 1.82) is 0 Å². The monoisotopic (exact) mass is 421 g/mol. The molecule has 1 aliphatic rings. The fourth-order valence-corrected chi connectivity index (χ4v) is 3.29. The maximum atomic E-state index is 13.2. The van der Waals surface area contributed by atoms with Crippen molar-refractivity contribution in [2.45, 2.75) is 33.4 Å². The topological polar surface area (TPSA) is 95.5 Å². The highest BCUT2D eigenvalue weighted by atomic mass is 35.5. The van der Waals surface area contributed by atoms with Crippen molar-refractivity contribution in [3.63, 3.8) is 0 Å². The van der Waals surface area contributed by atoms with Gasteiger partial charge in [-0.15, -0.1) is 0 Å². The number of rotatable bonds is 5. The summed E-state index contributed by atoms with van der Waals surface area (Å²) in [5.74, 6) is 0.759. The molecule has 8 nitrogen and oxygen atoms in total. The zero-order valence-electron chi connectivity index (χ0n) is 15.7. The lowest BCUT2D eigenvalue weighted by molar-refractivity contribution is 0.250. The number of hydrogen-bond donors (Lipinski definition) is 1. The largest absolute Gasteiger partial charge is 0.352 e. The first-order valence-electron chi connectivity index (χ1n) is 8.65. The third-order valence-electron chi connectivity index (χ3n) is 4.11. The number of nitrogens with zero attached hydrogens (tertiary/aromatic N) is 4. The van der Waals surface area contributed by atoms with E-state index in [9.17, 15) is 13.2 Å². The first-order chi connectivity index (χ1) is 13.3. The number of carbonyl (C=O) groups excluding carboxylic acids is 1. The fourth-order valence-electron chi connectivity index (χ4n) is 2.82. The van der Waals surface area contributed by atoms with E-state index < -0.39 is 16.3 Å². The normalized spacial score (nSPS) is 13.5. The van der Waals surface area contributed by atoms with E-state index in [0.717, 1.165) is 0 Å². The minimum atomic E-state index is -2.41. The number of aromatic nitrogens is 2. The second-order valence-corrected chi connectivity index (χ2v) is 8.26. The third-order valence-corrected chi connectivity index (χ3v) is 5.13. The van der Waals surface area contributed by atoms with Crippen molar-refractivity contribution in [3.8, 4) is 0 Å². The number of carbonyl (C=O) groups is 1. The van der Waals surface area contributed by atoms with Crippen molar-refractivity contribution in [1.82, 2.24) is 9.97 Å². The third kappa shape index (κ3) is 4.10. The predicted octanol–water partition coefficient (Wildman–Crippen LogP) is 2.97. The molecule has 28 heavy (non-hydrogen) atoms. The Morgan fingerprint density at radius 3 is 2.68 bits per heavy atom. The van der Waals surface area contributed by atoms with Gasteiger partial charge < -0.3 is 5.32 Å². The van der Waals surface area contributed by atoms with Crippen LogP contribution in [0.5, 0.6) is 0 Å². The molecule has 0 saturated heterocycles. The molecule has 1 N–H and O–H groups in total. The van der Waals surface area contributed by atoms with Gasteiger partial charge in [0.1, 0.15) is 5.82 Å². The first kappa shape index (κ1) is 20.1. The number of hydrogen-bond acceptors (Lipinski definition) is 6. The number of urea groups is 1. The van der Waals surface area contributed by atoms with E-state index in [1.807, 2.05) is 13.8 Å². The highest BCUT2D eigenvalue weighted by molar-refractivity contribution is 7.73. The SMILES string of the molecule is CC(CN1C(=O)N(c2ccccc2Cl)Cc2cnc(NC(C)C)nc21)=S(=O)=O. The van der Waals surface area contributed by atoms with Gasteiger partial charge in [-0.05, 0) is 32.9 Å². The molecule has 0 aliphatic carbocycles. The molecule has 2 heterocycles. The number of amides is 2. The first-order valence-corrected chi connectivity index (χ1v) is 10.1. The van der Waals surface area contributed by atoms with Gasteiger partial charge in [-0.3, -0.25) is 9.80 Å². The average molecular weight is 422 g/mol. The molecule has 0 radical (unpaired) electrons. The molecule has 148 valence electrons. The van der Waals surface area contributed by atoms with Crippen LogP contribution in [0.1, 0.15) is 26.3 Å². The highest BCUT2D eigenvalue weighted by Gasteiger charge is 2.34. The zero-order chi connectivity index (χ0) is 20.4. The zero-order valence-corrected chi connectivity index (χ0v) is 17.3. The molecule has 1 aromatic heterocycles. The summed E-state index contributed by atoms with van der Waals surface area (Å²) >= 11 is 6.28. The van der Waals surface area contributed by atoms with Crippen LogP contribution in [0.4, 0.5) is 22.2 Å². The molecule has 0 bridgehead atoms. The minimum Gasteiger partial charge on any atom is -0.352 e.